The second-order valence-electron chi connectivity index (χ2n) is 12.2. The molecule has 2 aliphatic rings. The van der Waals surface area contributed by atoms with Crippen molar-refractivity contribution in [3.8, 4) is 5.75 Å². The van der Waals surface area contributed by atoms with Crippen molar-refractivity contribution in [1.29, 1.82) is 0 Å². The number of methoxy groups -OCH3 is 1. The first-order chi connectivity index (χ1) is 20.0. The smallest absolute Gasteiger partial charge is 0.341 e. The number of ether oxygens (including phenoxy) is 1. The molecule has 42 heavy (non-hydrogen) atoms. The molecule has 1 atom stereocenters. The number of hydrogen-bond acceptors (Lipinski definition) is 5. The van der Waals surface area contributed by atoms with Crippen LogP contribution in [-0.4, -0.2) is 59.9 Å². The number of aromatic nitrogens is 1. The van der Waals surface area contributed by atoms with Crippen LogP contribution in [0, 0.1) is 5.82 Å². The molecule has 0 bridgehead atoms. The number of carboxylic acid groups (broad SMARTS) is 1. The molecule has 1 aromatic heterocycles. The van der Waals surface area contributed by atoms with E-state index >= 15 is 4.39 Å². The van der Waals surface area contributed by atoms with Gasteiger partial charge in [0, 0.05) is 44.5 Å². The molecule has 0 spiro atoms. The third kappa shape index (κ3) is 7.33. The highest BCUT2D eigenvalue weighted by Gasteiger charge is 2.33. The fraction of sp³-hybridized carbons (Fsp3) is 0.529. The van der Waals surface area contributed by atoms with Crippen LogP contribution in [0.25, 0.3) is 10.9 Å². The summed E-state index contributed by atoms with van der Waals surface area (Å²) >= 11 is 0. The molecule has 8 heteroatoms. The van der Waals surface area contributed by atoms with Gasteiger partial charge < -0.3 is 19.3 Å². The number of allylic oxidation sites excluding steroid dienone is 5. The minimum absolute atomic E-state index is 0.0464. The quantitative estimate of drug-likeness (QED) is 0.270. The van der Waals surface area contributed by atoms with Crippen molar-refractivity contribution in [3.63, 3.8) is 0 Å². The summed E-state index contributed by atoms with van der Waals surface area (Å²) in [6, 6.07) is 1.45. The van der Waals surface area contributed by atoms with Gasteiger partial charge in [0.05, 0.1) is 18.0 Å². The number of benzene rings is 1. The van der Waals surface area contributed by atoms with Crippen molar-refractivity contribution in [1.82, 2.24) is 9.47 Å². The number of carbonyl (C=O) groups is 1. The summed E-state index contributed by atoms with van der Waals surface area (Å²) in [7, 11) is 1.48. The van der Waals surface area contributed by atoms with E-state index in [1.807, 2.05) is 4.90 Å². The van der Waals surface area contributed by atoms with Gasteiger partial charge in [0.25, 0.3) is 0 Å². The highest BCUT2D eigenvalue weighted by Crippen LogP contribution is 2.44. The highest BCUT2D eigenvalue weighted by molar-refractivity contribution is 5.97. The number of pyridine rings is 1. The number of rotatable bonds is 12. The normalized spacial score (nSPS) is 18.5. The number of nitrogens with zero attached hydrogens (tertiary/aromatic N) is 3. The minimum Gasteiger partial charge on any atom is -0.492 e. The Kier molecular flexibility index (Phi) is 10.3. The fourth-order valence-electron chi connectivity index (χ4n) is 5.81. The molecule has 0 radical (unpaired) electrons. The van der Waals surface area contributed by atoms with Gasteiger partial charge in [-0.1, -0.05) is 34.9 Å². The second-order valence-corrected chi connectivity index (χ2v) is 12.2. The Labute approximate surface area is 249 Å². The summed E-state index contributed by atoms with van der Waals surface area (Å²) in [6.07, 6.45) is 14.4. The van der Waals surface area contributed by atoms with Crippen molar-refractivity contribution in [2.24, 2.45) is 0 Å². The Balaban J connectivity index is 1.46. The van der Waals surface area contributed by atoms with Crippen LogP contribution in [0.1, 0.15) is 89.5 Å². The van der Waals surface area contributed by atoms with Gasteiger partial charge in [-0.05, 0) is 79.2 Å². The molecule has 1 aliphatic heterocycles. The molecule has 7 nitrogen and oxygen atoms in total. The summed E-state index contributed by atoms with van der Waals surface area (Å²) in [5.41, 5.74) is 3.96. The molecule has 1 saturated heterocycles. The van der Waals surface area contributed by atoms with Gasteiger partial charge in [-0.2, -0.15) is 0 Å². The summed E-state index contributed by atoms with van der Waals surface area (Å²) in [4.78, 5) is 29.2. The number of carboxylic acids is 1. The Bertz CT molecular complexity index is 1460. The first-order valence-electron chi connectivity index (χ1n) is 15.1. The number of hydrogen-bond donors (Lipinski definition) is 1. The summed E-state index contributed by atoms with van der Waals surface area (Å²) < 4.78 is 23.3. The van der Waals surface area contributed by atoms with Gasteiger partial charge >= 0.3 is 5.97 Å². The molecule has 0 amide bonds. The monoisotopic (exact) mass is 579 g/mol. The Morgan fingerprint density at radius 2 is 1.74 bits per heavy atom. The lowest BCUT2D eigenvalue weighted by atomic mass is 10.1. The van der Waals surface area contributed by atoms with Gasteiger partial charge in [-0.25, -0.2) is 9.18 Å². The molecule has 1 aliphatic carbocycles. The molecule has 2 aromatic rings. The number of fused-ring (bicyclic) bond motifs is 1. The number of piperazine rings is 1. The third-order valence-corrected chi connectivity index (χ3v) is 8.45. The van der Waals surface area contributed by atoms with E-state index in [9.17, 15) is 14.7 Å². The molecule has 2 fully saturated rings. The van der Waals surface area contributed by atoms with Crippen LogP contribution >= 0.6 is 0 Å². The van der Waals surface area contributed by atoms with E-state index in [-0.39, 0.29) is 23.0 Å². The lowest BCUT2D eigenvalue weighted by Gasteiger charge is -2.41. The average molecular weight is 580 g/mol. The van der Waals surface area contributed by atoms with Gasteiger partial charge in [-0.3, -0.25) is 9.69 Å². The van der Waals surface area contributed by atoms with Crippen LogP contribution < -0.4 is 15.1 Å². The Hall–Kier alpha value is -3.39. The molecule has 2 heterocycles. The van der Waals surface area contributed by atoms with Crippen molar-refractivity contribution in [2.75, 3.05) is 38.2 Å². The number of aromatic carboxylic acids is 1. The molecule has 1 N–H and O–H groups in total. The Morgan fingerprint density at radius 1 is 1.07 bits per heavy atom. The second kappa shape index (κ2) is 13.7. The maximum Gasteiger partial charge on any atom is 0.341 e. The largest absolute Gasteiger partial charge is 0.492 e. The highest BCUT2D eigenvalue weighted by atomic mass is 19.1. The van der Waals surface area contributed by atoms with E-state index in [1.165, 1.54) is 36.1 Å². The standard InChI is InChI=1S/C34H46FN3O4/c1-22(2)9-7-10-23(3)11-8-12-24(4)15-16-36-17-18-37(20-25(36)5)31-29(35)19-27-30(33(31)42-6)38(26-13-14-26)21-28(32(27)39)34(40)41/h9,11,15,19,21,25-26H,7-8,10,12-14,16-18,20H2,1-6H3,(H,40,41)/b23-11+,24-15+. The zero-order valence-electron chi connectivity index (χ0n) is 26.0. The topological polar surface area (TPSA) is 75.0 Å². The first-order valence-corrected chi connectivity index (χ1v) is 15.1. The van der Waals surface area contributed by atoms with Gasteiger partial charge in [0.2, 0.25) is 5.43 Å². The minimum atomic E-state index is -1.31. The molecule has 1 saturated carbocycles. The van der Waals surface area contributed by atoms with E-state index in [0.717, 1.165) is 51.6 Å². The molecule has 1 aromatic carbocycles. The van der Waals surface area contributed by atoms with Crippen LogP contribution in [0.5, 0.6) is 5.75 Å². The zero-order valence-corrected chi connectivity index (χ0v) is 26.0. The molecule has 1 unspecified atom stereocenters. The predicted molar refractivity (Wildman–Crippen MR) is 169 cm³/mol. The van der Waals surface area contributed by atoms with Crippen LogP contribution in [-0.2, 0) is 0 Å². The number of halogens is 1. The van der Waals surface area contributed by atoms with Crippen molar-refractivity contribution in [3.05, 3.63) is 68.8 Å². The molecular weight excluding hydrogens is 533 g/mol. The lowest BCUT2D eigenvalue weighted by molar-refractivity contribution is 0.0694. The molecule has 4 rings (SSSR count). The summed E-state index contributed by atoms with van der Waals surface area (Å²) in [6.45, 7) is 13.7. The van der Waals surface area contributed by atoms with Crippen LogP contribution in [0.2, 0.25) is 0 Å². The summed E-state index contributed by atoms with van der Waals surface area (Å²) in [5.74, 6) is -1.58. The third-order valence-electron chi connectivity index (χ3n) is 8.45. The van der Waals surface area contributed by atoms with Crippen LogP contribution in [0.3, 0.4) is 0 Å². The van der Waals surface area contributed by atoms with E-state index in [0.29, 0.717) is 30.0 Å². The van der Waals surface area contributed by atoms with Gasteiger partial charge in [0.15, 0.2) is 11.6 Å². The maximum absolute atomic E-state index is 15.7. The van der Waals surface area contributed by atoms with E-state index < -0.39 is 17.2 Å². The summed E-state index contributed by atoms with van der Waals surface area (Å²) in [5, 5.41) is 9.63. The lowest BCUT2D eigenvalue weighted by Crippen LogP contribution is -2.52. The Morgan fingerprint density at radius 3 is 2.33 bits per heavy atom. The SMILES string of the molecule is COc1c(N2CCN(C/C=C(\C)CC/C=C(\C)CCC=C(C)C)C(C)C2)c(F)cc2c(=O)c(C(=O)O)cn(C3CC3)c12. The van der Waals surface area contributed by atoms with E-state index in [2.05, 4.69) is 57.7 Å². The fourth-order valence-corrected chi connectivity index (χ4v) is 5.81. The molecule has 228 valence electrons. The van der Waals surface area contributed by atoms with Crippen LogP contribution in [0.4, 0.5) is 10.1 Å². The van der Waals surface area contributed by atoms with E-state index in [4.69, 9.17) is 4.74 Å². The van der Waals surface area contributed by atoms with Crippen LogP contribution in [0.15, 0.2) is 52.0 Å². The van der Waals surface area contributed by atoms with Crippen molar-refractivity contribution >= 4 is 22.6 Å². The van der Waals surface area contributed by atoms with E-state index in [1.54, 1.807) is 4.57 Å². The average Bonchev–Trinajstić information content (AvgIpc) is 3.77. The van der Waals surface area contributed by atoms with Gasteiger partial charge in [0.1, 0.15) is 11.3 Å². The number of anilines is 1. The first kappa shape index (κ1) is 31.5. The maximum atomic E-state index is 15.7. The van der Waals surface area contributed by atoms with Gasteiger partial charge in [-0.15, -0.1) is 0 Å². The predicted octanol–water partition coefficient (Wildman–Crippen LogP) is 7.11. The van der Waals surface area contributed by atoms with Crippen molar-refractivity contribution in [2.45, 2.75) is 85.2 Å². The van der Waals surface area contributed by atoms with Crippen molar-refractivity contribution < 1.29 is 19.0 Å². The molecular formula is C34H46FN3O4. The zero-order chi connectivity index (χ0) is 30.6.